The van der Waals surface area contributed by atoms with Gasteiger partial charge in [0.1, 0.15) is 0 Å². The lowest BCUT2D eigenvalue weighted by Gasteiger charge is -2.25. The standard InChI is InChI=1S/C21H23N3O6/c1-22-18(25)17(19(26)23-28)24(2)20(27)15-7-3-13(4-8-15)14-5-9-16(10-6-14)21-29-11-12-30-21/h3-10,17,21,28H,11-12H2,1-2H3,(H,22,25)(H,23,26). The lowest BCUT2D eigenvalue weighted by Crippen LogP contribution is -2.54. The molecular weight excluding hydrogens is 390 g/mol. The molecular formula is C21H23N3O6. The molecule has 1 atom stereocenters. The molecule has 0 aromatic heterocycles. The van der Waals surface area contributed by atoms with Gasteiger partial charge in [0.05, 0.1) is 13.2 Å². The van der Waals surface area contributed by atoms with E-state index >= 15 is 0 Å². The van der Waals surface area contributed by atoms with E-state index in [2.05, 4.69) is 5.32 Å². The van der Waals surface area contributed by atoms with Crippen molar-refractivity contribution < 1.29 is 29.1 Å². The van der Waals surface area contributed by atoms with Crippen molar-refractivity contribution in [2.24, 2.45) is 0 Å². The fourth-order valence-electron chi connectivity index (χ4n) is 3.18. The Morgan fingerprint density at radius 3 is 2.00 bits per heavy atom. The molecule has 1 heterocycles. The highest BCUT2D eigenvalue weighted by Crippen LogP contribution is 2.27. The molecule has 9 nitrogen and oxygen atoms in total. The first-order valence-electron chi connectivity index (χ1n) is 9.32. The van der Waals surface area contributed by atoms with Crippen molar-refractivity contribution in [2.75, 3.05) is 27.3 Å². The first-order valence-corrected chi connectivity index (χ1v) is 9.32. The summed E-state index contributed by atoms with van der Waals surface area (Å²) in [4.78, 5) is 37.5. The first kappa shape index (κ1) is 21.4. The Balaban J connectivity index is 1.74. The number of nitrogens with one attached hydrogen (secondary N) is 2. The van der Waals surface area contributed by atoms with E-state index in [0.29, 0.717) is 18.8 Å². The van der Waals surface area contributed by atoms with Crippen LogP contribution in [0.2, 0.25) is 0 Å². The SMILES string of the molecule is CNC(=O)C(C(=O)NO)N(C)C(=O)c1ccc(-c2ccc(C3OCCO3)cc2)cc1. The number of benzene rings is 2. The lowest BCUT2D eigenvalue weighted by atomic mass is 10.0. The van der Waals surface area contributed by atoms with Gasteiger partial charge in [-0.05, 0) is 23.3 Å². The molecule has 1 unspecified atom stereocenters. The lowest BCUT2D eigenvalue weighted by molar-refractivity contribution is -0.140. The minimum Gasteiger partial charge on any atom is -0.357 e. The Morgan fingerprint density at radius 1 is 0.967 bits per heavy atom. The molecule has 2 aromatic rings. The number of amides is 3. The maximum atomic E-state index is 12.7. The summed E-state index contributed by atoms with van der Waals surface area (Å²) >= 11 is 0. The van der Waals surface area contributed by atoms with E-state index in [-0.39, 0.29) is 6.29 Å². The van der Waals surface area contributed by atoms with Crippen LogP contribution in [0, 0.1) is 0 Å². The number of likely N-dealkylation sites (N-methyl/N-ethyl adjacent to an activating group) is 2. The second kappa shape index (κ2) is 9.49. The van der Waals surface area contributed by atoms with Gasteiger partial charge >= 0.3 is 0 Å². The van der Waals surface area contributed by atoms with Gasteiger partial charge in [0.25, 0.3) is 17.7 Å². The number of hydroxylamine groups is 1. The van der Waals surface area contributed by atoms with Gasteiger partial charge in [-0.3, -0.25) is 19.6 Å². The number of ether oxygens (including phenoxy) is 2. The fraction of sp³-hybridized carbons (Fsp3) is 0.286. The molecule has 158 valence electrons. The number of carbonyl (C=O) groups is 3. The third kappa shape index (κ3) is 4.48. The van der Waals surface area contributed by atoms with E-state index in [1.807, 2.05) is 24.3 Å². The quantitative estimate of drug-likeness (QED) is 0.371. The van der Waals surface area contributed by atoms with Crippen LogP contribution in [0.15, 0.2) is 48.5 Å². The highest BCUT2D eigenvalue weighted by atomic mass is 16.7. The Morgan fingerprint density at radius 2 is 1.50 bits per heavy atom. The van der Waals surface area contributed by atoms with Crippen LogP contribution in [0.5, 0.6) is 0 Å². The van der Waals surface area contributed by atoms with Gasteiger partial charge in [-0.25, -0.2) is 5.48 Å². The largest absolute Gasteiger partial charge is 0.357 e. The second-order valence-electron chi connectivity index (χ2n) is 6.68. The van der Waals surface area contributed by atoms with E-state index in [4.69, 9.17) is 14.7 Å². The highest BCUT2D eigenvalue weighted by molar-refractivity contribution is 6.08. The van der Waals surface area contributed by atoms with Crippen LogP contribution in [-0.2, 0) is 19.1 Å². The molecule has 0 bridgehead atoms. The van der Waals surface area contributed by atoms with Gasteiger partial charge in [-0.1, -0.05) is 36.4 Å². The average Bonchev–Trinajstić information content (AvgIpc) is 3.33. The molecule has 3 amide bonds. The number of carbonyl (C=O) groups excluding carboxylic acids is 3. The molecule has 9 heteroatoms. The van der Waals surface area contributed by atoms with Gasteiger partial charge < -0.3 is 19.7 Å². The molecule has 0 aliphatic carbocycles. The highest BCUT2D eigenvalue weighted by Gasteiger charge is 2.33. The summed E-state index contributed by atoms with van der Waals surface area (Å²) < 4.78 is 11.0. The average molecular weight is 413 g/mol. The van der Waals surface area contributed by atoms with Crippen molar-refractivity contribution in [3.8, 4) is 11.1 Å². The van der Waals surface area contributed by atoms with Gasteiger partial charge in [0.2, 0.25) is 0 Å². The minimum absolute atomic E-state index is 0.297. The zero-order valence-electron chi connectivity index (χ0n) is 16.6. The summed E-state index contributed by atoms with van der Waals surface area (Å²) in [6.07, 6.45) is -0.334. The molecule has 0 radical (unpaired) electrons. The summed E-state index contributed by atoms with van der Waals surface area (Å²) in [6, 6.07) is 13.0. The third-order valence-electron chi connectivity index (χ3n) is 4.83. The number of rotatable bonds is 6. The Labute approximate surface area is 173 Å². The summed E-state index contributed by atoms with van der Waals surface area (Å²) in [5, 5.41) is 11.2. The van der Waals surface area contributed by atoms with Crippen molar-refractivity contribution >= 4 is 17.7 Å². The fourth-order valence-corrected chi connectivity index (χ4v) is 3.18. The normalized spacial score (nSPS) is 14.8. The first-order chi connectivity index (χ1) is 14.5. The van der Waals surface area contributed by atoms with E-state index in [1.165, 1.54) is 19.6 Å². The van der Waals surface area contributed by atoms with E-state index in [0.717, 1.165) is 21.6 Å². The third-order valence-corrected chi connectivity index (χ3v) is 4.83. The van der Waals surface area contributed by atoms with Crippen molar-refractivity contribution in [1.29, 1.82) is 0 Å². The molecule has 0 spiro atoms. The summed E-state index contributed by atoms with van der Waals surface area (Å²) in [5.74, 6) is -2.26. The zero-order chi connectivity index (χ0) is 21.7. The zero-order valence-corrected chi connectivity index (χ0v) is 16.6. The second-order valence-corrected chi connectivity index (χ2v) is 6.68. The van der Waals surface area contributed by atoms with Gasteiger partial charge in [-0.15, -0.1) is 0 Å². The predicted molar refractivity (Wildman–Crippen MR) is 106 cm³/mol. The Bertz CT molecular complexity index is 891. The van der Waals surface area contributed by atoms with Crippen molar-refractivity contribution in [3.05, 3.63) is 59.7 Å². The van der Waals surface area contributed by atoms with Crippen LogP contribution in [0.4, 0.5) is 0 Å². The molecule has 1 saturated heterocycles. The summed E-state index contributed by atoms with van der Waals surface area (Å²) in [5.41, 5.74) is 4.49. The van der Waals surface area contributed by atoms with Crippen LogP contribution in [0.3, 0.4) is 0 Å². The van der Waals surface area contributed by atoms with E-state index in [9.17, 15) is 14.4 Å². The molecule has 0 saturated carbocycles. The van der Waals surface area contributed by atoms with Crippen molar-refractivity contribution in [3.63, 3.8) is 0 Å². The smallest absolute Gasteiger partial charge is 0.275 e. The minimum atomic E-state index is -1.50. The maximum Gasteiger partial charge on any atom is 0.275 e. The molecule has 1 aliphatic rings. The van der Waals surface area contributed by atoms with Gasteiger partial charge in [0.15, 0.2) is 12.3 Å². The van der Waals surface area contributed by atoms with Crippen LogP contribution >= 0.6 is 0 Å². The monoisotopic (exact) mass is 413 g/mol. The predicted octanol–water partition coefficient (Wildman–Crippen LogP) is 1.09. The van der Waals surface area contributed by atoms with Crippen LogP contribution in [0.1, 0.15) is 22.2 Å². The van der Waals surface area contributed by atoms with E-state index < -0.39 is 23.8 Å². The van der Waals surface area contributed by atoms with Gasteiger partial charge in [-0.2, -0.15) is 0 Å². The number of hydrogen-bond acceptors (Lipinski definition) is 6. The molecule has 3 rings (SSSR count). The number of hydrogen-bond donors (Lipinski definition) is 3. The Hall–Kier alpha value is -3.27. The van der Waals surface area contributed by atoms with Crippen LogP contribution in [-0.4, -0.2) is 61.2 Å². The molecule has 3 N–H and O–H groups in total. The molecule has 30 heavy (non-hydrogen) atoms. The van der Waals surface area contributed by atoms with Gasteiger partial charge in [0, 0.05) is 25.2 Å². The molecule has 1 fully saturated rings. The molecule has 1 aliphatic heterocycles. The Kier molecular flexibility index (Phi) is 6.78. The topological polar surface area (TPSA) is 117 Å². The summed E-state index contributed by atoms with van der Waals surface area (Å²) in [7, 11) is 2.65. The van der Waals surface area contributed by atoms with E-state index in [1.54, 1.807) is 24.3 Å². The van der Waals surface area contributed by atoms with Crippen LogP contribution < -0.4 is 10.8 Å². The molecule has 2 aromatic carbocycles. The maximum absolute atomic E-state index is 12.7. The summed E-state index contributed by atoms with van der Waals surface area (Å²) in [6.45, 7) is 1.16. The number of nitrogens with zero attached hydrogens (tertiary/aromatic N) is 1. The van der Waals surface area contributed by atoms with Crippen molar-refractivity contribution in [2.45, 2.75) is 12.3 Å². The van der Waals surface area contributed by atoms with Crippen molar-refractivity contribution in [1.82, 2.24) is 15.7 Å². The van der Waals surface area contributed by atoms with Crippen LogP contribution in [0.25, 0.3) is 11.1 Å².